The zero-order chi connectivity index (χ0) is 18.8. The molecule has 1 N–H and O–H groups in total. The van der Waals surface area contributed by atoms with Gasteiger partial charge in [0.2, 0.25) is 5.91 Å². The smallest absolute Gasteiger partial charge is 0.227 e. The van der Waals surface area contributed by atoms with Gasteiger partial charge in [-0.05, 0) is 56.0 Å². The molecule has 1 amide bonds. The standard InChI is InChI=1S/C23H25N3O/c1-16-6-5-9-22(17(16)2)26-12-10-18(11-13-26)23(27)25-20-14-19-7-3-4-8-21(19)24-15-20/h3-9,14-15,18H,10-13H2,1-2H3,(H,25,27). The van der Waals surface area contributed by atoms with Crippen molar-refractivity contribution < 1.29 is 4.79 Å². The average molecular weight is 359 g/mol. The molecule has 3 aromatic rings. The lowest BCUT2D eigenvalue weighted by atomic mass is 9.94. The lowest BCUT2D eigenvalue weighted by Crippen LogP contribution is -2.38. The van der Waals surface area contributed by atoms with Crippen molar-refractivity contribution in [2.24, 2.45) is 5.92 Å². The Balaban J connectivity index is 1.40. The third-order valence-electron chi connectivity index (χ3n) is 5.64. The first-order valence-corrected chi connectivity index (χ1v) is 9.58. The van der Waals surface area contributed by atoms with E-state index >= 15 is 0 Å². The third kappa shape index (κ3) is 3.65. The molecule has 0 atom stereocenters. The number of hydrogen-bond acceptors (Lipinski definition) is 3. The molecule has 2 aromatic carbocycles. The largest absolute Gasteiger partial charge is 0.371 e. The van der Waals surface area contributed by atoms with E-state index in [0.29, 0.717) is 0 Å². The lowest BCUT2D eigenvalue weighted by molar-refractivity contribution is -0.120. The summed E-state index contributed by atoms with van der Waals surface area (Å²) in [4.78, 5) is 19.5. The van der Waals surface area contributed by atoms with Crippen molar-refractivity contribution in [2.45, 2.75) is 26.7 Å². The summed E-state index contributed by atoms with van der Waals surface area (Å²) in [6, 6.07) is 16.4. The monoisotopic (exact) mass is 359 g/mol. The van der Waals surface area contributed by atoms with Crippen LogP contribution in [0.3, 0.4) is 0 Å². The Morgan fingerprint density at radius 3 is 2.67 bits per heavy atom. The predicted molar refractivity (Wildman–Crippen MR) is 111 cm³/mol. The summed E-state index contributed by atoms with van der Waals surface area (Å²) in [5.74, 6) is 0.158. The van der Waals surface area contributed by atoms with Crippen LogP contribution < -0.4 is 10.2 Å². The minimum Gasteiger partial charge on any atom is -0.371 e. The number of aryl methyl sites for hydroxylation is 1. The minimum atomic E-state index is 0.0536. The van der Waals surface area contributed by atoms with Crippen molar-refractivity contribution in [3.63, 3.8) is 0 Å². The number of fused-ring (bicyclic) bond motifs is 1. The molecule has 4 nitrogen and oxygen atoms in total. The first kappa shape index (κ1) is 17.5. The highest BCUT2D eigenvalue weighted by molar-refractivity contribution is 5.94. The summed E-state index contributed by atoms with van der Waals surface area (Å²) >= 11 is 0. The van der Waals surface area contributed by atoms with E-state index in [9.17, 15) is 4.79 Å². The van der Waals surface area contributed by atoms with Gasteiger partial charge < -0.3 is 10.2 Å². The number of hydrogen-bond donors (Lipinski definition) is 1. The number of carbonyl (C=O) groups is 1. The van der Waals surface area contributed by atoms with E-state index < -0.39 is 0 Å². The maximum absolute atomic E-state index is 12.7. The summed E-state index contributed by atoms with van der Waals surface area (Å²) < 4.78 is 0. The van der Waals surface area contributed by atoms with Crippen LogP contribution in [0.5, 0.6) is 0 Å². The van der Waals surface area contributed by atoms with Crippen molar-refractivity contribution in [3.8, 4) is 0 Å². The molecule has 1 fully saturated rings. The second-order valence-corrected chi connectivity index (χ2v) is 7.39. The van der Waals surface area contributed by atoms with Crippen LogP contribution in [0.1, 0.15) is 24.0 Å². The summed E-state index contributed by atoms with van der Waals surface area (Å²) in [6.07, 6.45) is 3.49. The van der Waals surface area contributed by atoms with E-state index in [-0.39, 0.29) is 11.8 Å². The molecule has 138 valence electrons. The molecule has 4 heteroatoms. The maximum atomic E-state index is 12.7. The lowest BCUT2D eigenvalue weighted by Gasteiger charge is -2.34. The molecule has 0 radical (unpaired) electrons. The Morgan fingerprint density at radius 1 is 1.07 bits per heavy atom. The zero-order valence-electron chi connectivity index (χ0n) is 15.9. The van der Waals surface area contributed by atoms with Crippen molar-refractivity contribution >= 4 is 28.2 Å². The number of aromatic nitrogens is 1. The van der Waals surface area contributed by atoms with Gasteiger partial charge in [0.25, 0.3) is 0 Å². The van der Waals surface area contributed by atoms with Crippen molar-refractivity contribution in [2.75, 3.05) is 23.3 Å². The number of carbonyl (C=O) groups excluding carboxylic acids is 1. The summed E-state index contributed by atoms with van der Waals surface area (Å²) in [5, 5.41) is 4.10. The molecular formula is C23H25N3O. The van der Waals surface area contributed by atoms with Crippen LogP contribution in [0.15, 0.2) is 54.7 Å². The number of rotatable bonds is 3. The van der Waals surface area contributed by atoms with Gasteiger partial charge in [-0.15, -0.1) is 0 Å². The van der Waals surface area contributed by atoms with Crippen LogP contribution in [-0.2, 0) is 4.79 Å². The highest BCUT2D eigenvalue weighted by Gasteiger charge is 2.26. The fourth-order valence-corrected chi connectivity index (χ4v) is 3.84. The van der Waals surface area contributed by atoms with Crippen molar-refractivity contribution in [1.29, 1.82) is 0 Å². The van der Waals surface area contributed by atoms with E-state index in [1.807, 2.05) is 30.3 Å². The van der Waals surface area contributed by atoms with E-state index in [1.54, 1.807) is 6.20 Å². The molecule has 0 aliphatic carbocycles. The number of benzene rings is 2. The molecule has 2 heterocycles. The van der Waals surface area contributed by atoms with Crippen LogP contribution in [0.2, 0.25) is 0 Å². The summed E-state index contributed by atoms with van der Waals surface area (Å²) in [6.45, 7) is 6.16. The van der Waals surface area contributed by atoms with Crippen LogP contribution in [0.25, 0.3) is 10.9 Å². The third-order valence-corrected chi connectivity index (χ3v) is 5.64. The molecule has 1 aromatic heterocycles. The van der Waals surface area contributed by atoms with E-state index in [1.165, 1.54) is 16.8 Å². The zero-order valence-corrected chi connectivity index (χ0v) is 15.9. The molecular weight excluding hydrogens is 334 g/mol. The van der Waals surface area contributed by atoms with Gasteiger partial charge in [-0.2, -0.15) is 0 Å². The summed E-state index contributed by atoms with van der Waals surface area (Å²) in [7, 11) is 0. The van der Waals surface area contributed by atoms with Gasteiger partial charge in [-0.3, -0.25) is 9.78 Å². The number of para-hydroxylation sites is 1. The number of nitrogens with zero attached hydrogens (tertiary/aromatic N) is 2. The van der Waals surface area contributed by atoms with Gasteiger partial charge in [0.05, 0.1) is 17.4 Å². The number of anilines is 2. The molecule has 0 saturated carbocycles. The predicted octanol–water partition coefficient (Wildman–Crippen LogP) is 4.71. The Morgan fingerprint density at radius 2 is 1.85 bits per heavy atom. The second-order valence-electron chi connectivity index (χ2n) is 7.39. The molecule has 27 heavy (non-hydrogen) atoms. The highest BCUT2D eigenvalue weighted by Crippen LogP contribution is 2.28. The molecule has 0 unspecified atom stereocenters. The first-order chi connectivity index (χ1) is 13.1. The molecule has 0 spiro atoms. The van der Waals surface area contributed by atoms with Gasteiger partial charge >= 0.3 is 0 Å². The normalized spacial score (nSPS) is 15.1. The van der Waals surface area contributed by atoms with E-state index in [0.717, 1.165) is 42.5 Å². The van der Waals surface area contributed by atoms with E-state index in [4.69, 9.17) is 0 Å². The van der Waals surface area contributed by atoms with Crippen LogP contribution in [-0.4, -0.2) is 24.0 Å². The molecule has 4 rings (SSSR count). The molecule has 0 bridgehead atoms. The van der Waals surface area contributed by atoms with Gasteiger partial charge in [-0.1, -0.05) is 30.3 Å². The molecule has 1 aliphatic rings. The number of piperidine rings is 1. The highest BCUT2D eigenvalue weighted by atomic mass is 16.1. The van der Waals surface area contributed by atoms with Gasteiger partial charge in [0.1, 0.15) is 0 Å². The number of nitrogens with one attached hydrogen (secondary N) is 1. The minimum absolute atomic E-state index is 0.0536. The molecule has 1 aliphatic heterocycles. The second kappa shape index (κ2) is 7.39. The topological polar surface area (TPSA) is 45.2 Å². The summed E-state index contributed by atoms with van der Waals surface area (Å²) in [5.41, 5.74) is 5.67. The Hall–Kier alpha value is -2.88. The average Bonchev–Trinajstić information content (AvgIpc) is 2.70. The number of pyridine rings is 1. The Labute approximate surface area is 160 Å². The van der Waals surface area contributed by atoms with Crippen molar-refractivity contribution in [1.82, 2.24) is 4.98 Å². The Bertz CT molecular complexity index is 974. The van der Waals surface area contributed by atoms with Crippen molar-refractivity contribution in [3.05, 3.63) is 65.9 Å². The van der Waals surface area contributed by atoms with E-state index in [2.05, 4.69) is 47.2 Å². The van der Waals surface area contributed by atoms with Gasteiger partial charge in [0, 0.05) is 30.1 Å². The quantitative estimate of drug-likeness (QED) is 0.737. The van der Waals surface area contributed by atoms with Crippen LogP contribution >= 0.6 is 0 Å². The maximum Gasteiger partial charge on any atom is 0.227 e. The van der Waals surface area contributed by atoms with Crippen LogP contribution in [0, 0.1) is 19.8 Å². The van der Waals surface area contributed by atoms with Gasteiger partial charge in [-0.25, -0.2) is 0 Å². The SMILES string of the molecule is Cc1cccc(N2CCC(C(=O)Nc3cnc4ccccc4c3)CC2)c1C. The van der Waals surface area contributed by atoms with Crippen LogP contribution in [0.4, 0.5) is 11.4 Å². The molecule has 1 saturated heterocycles. The first-order valence-electron chi connectivity index (χ1n) is 9.58. The fraction of sp³-hybridized carbons (Fsp3) is 0.304. The Kier molecular flexibility index (Phi) is 4.80. The fourth-order valence-electron chi connectivity index (χ4n) is 3.84. The number of amides is 1. The van der Waals surface area contributed by atoms with Gasteiger partial charge in [0.15, 0.2) is 0 Å².